The van der Waals surface area contributed by atoms with Crippen molar-refractivity contribution in [2.75, 3.05) is 11.9 Å². The third-order valence-corrected chi connectivity index (χ3v) is 2.61. The predicted octanol–water partition coefficient (Wildman–Crippen LogP) is 1.67. The molecule has 0 saturated carbocycles. The lowest BCUT2D eigenvalue weighted by Gasteiger charge is -2.06. The van der Waals surface area contributed by atoms with Gasteiger partial charge in [-0.2, -0.15) is 15.2 Å². The van der Waals surface area contributed by atoms with Gasteiger partial charge in [-0.15, -0.1) is 0 Å². The highest BCUT2D eigenvalue weighted by molar-refractivity contribution is 5.90. The Morgan fingerprint density at radius 3 is 3.06 bits per heavy atom. The van der Waals surface area contributed by atoms with Crippen LogP contribution in [0.1, 0.15) is 5.89 Å². The predicted molar refractivity (Wildman–Crippen MR) is 66.0 cm³/mol. The van der Waals surface area contributed by atoms with Gasteiger partial charge < -0.3 is 9.84 Å². The molecule has 0 spiro atoms. The number of benzene rings is 1. The van der Waals surface area contributed by atoms with E-state index in [1.807, 2.05) is 24.3 Å². The number of nitrogens with zero attached hydrogens (tertiary/aromatic N) is 4. The van der Waals surface area contributed by atoms with E-state index in [1.54, 1.807) is 6.20 Å². The topological polar surface area (TPSA) is 76.7 Å². The van der Waals surface area contributed by atoms with Crippen LogP contribution in [0.4, 0.5) is 5.69 Å². The minimum absolute atomic E-state index is 0.619. The van der Waals surface area contributed by atoms with Gasteiger partial charge in [-0.1, -0.05) is 23.4 Å². The summed E-state index contributed by atoms with van der Waals surface area (Å²) in [7, 11) is 0. The fourth-order valence-electron chi connectivity index (χ4n) is 1.76. The maximum atomic E-state index is 4.93. The number of aromatic nitrogens is 4. The van der Waals surface area contributed by atoms with E-state index in [0.717, 1.165) is 16.6 Å². The normalized spacial score (nSPS) is 10.7. The molecule has 6 nitrogen and oxygen atoms in total. The molecule has 6 heteroatoms. The highest BCUT2D eigenvalue weighted by atomic mass is 16.5. The first kappa shape index (κ1) is 10.6. The maximum Gasteiger partial charge on any atom is 0.228 e. The summed E-state index contributed by atoms with van der Waals surface area (Å²) < 4.78 is 4.93. The van der Waals surface area contributed by atoms with Crippen molar-refractivity contribution < 1.29 is 4.52 Å². The number of nitrogens with one attached hydrogen (secondary N) is 1. The van der Waals surface area contributed by atoms with Crippen molar-refractivity contribution >= 4 is 16.6 Å². The average Bonchev–Trinajstić information content (AvgIpc) is 2.92. The lowest BCUT2D eigenvalue weighted by atomic mass is 10.2. The van der Waals surface area contributed by atoms with Gasteiger partial charge in [-0.25, -0.2) is 0 Å². The summed E-state index contributed by atoms with van der Waals surface area (Å²) >= 11 is 0. The molecule has 0 aliphatic carbocycles. The molecule has 90 valence electrons. The highest BCUT2D eigenvalue weighted by Crippen LogP contribution is 2.19. The fourth-order valence-corrected chi connectivity index (χ4v) is 1.76. The summed E-state index contributed by atoms with van der Waals surface area (Å²) in [5, 5.41) is 15.9. The molecule has 0 radical (unpaired) electrons. The van der Waals surface area contributed by atoms with Gasteiger partial charge in [-0.05, 0) is 6.07 Å². The Balaban J connectivity index is 1.74. The Bertz CT molecular complexity index is 633. The van der Waals surface area contributed by atoms with E-state index in [4.69, 9.17) is 4.52 Å². The molecule has 3 aromatic rings. The molecule has 0 aliphatic heterocycles. The average molecular weight is 241 g/mol. The third-order valence-electron chi connectivity index (χ3n) is 2.61. The van der Waals surface area contributed by atoms with E-state index in [0.29, 0.717) is 18.9 Å². The Morgan fingerprint density at radius 2 is 2.17 bits per heavy atom. The minimum Gasteiger partial charge on any atom is -0.383 e. The van der Waals surface area contributed by atoms with Crippen LogP contribution in [0.5, 0.6) is 0 Å². The van der Waals surface area contributed by atoms with Gasteiger partial charge in [0.1, 0.15) is 0 Å². The van der Waals surface area contributed by atoms with Crippen LogP contribution in [0.2, 0.25) is 0 Å². The number of fused-ring (bicyclic) bond motifs is 1. The molecule has 3 rings (SSSR count). The molecule has 1 aromatic carbocycles. The van der Waals surface area contributed by atoms with Crippen molar-refractivity contribution in [1.82, 2.24) is 20.3 Å². The summed E-state index contributed by atoms with van der Waals surface area (Å²) in [5.41, 5.74) is 1.83. The maximum absolute atomic E-state index is 4.93. The molecule has 18 heavy (non-hydrogen) atoms. The molecule has 0 unspecified atom stereocenters. The number of hydrogen-bond acceptors (Lipinski definition) is 6. The van der Waals surface area contributed by atoms with Crippen molar-refractivity contribution in [2.24, 2.45) is 0 Å². The van der Waals surface area contributed by atoms with E-state index < -0.39 is 0 Å². The Hall–Kier alpha value is -2.50. The Labute approximate surface area is 103 Å². The molecule has 0 amide bonds. The van der Waals surface area contributed by atoms with Gasteiger partial charge >= 0.3 is 0 Å². The highest BCUT2D eigenvalue weighted by Gasteiger charge is 2.03. The fraction of sp³-hybridized carbons (Fsp3) is 0.167. The SMILES string of the molecule is c1ccc2c(NCCc3ncno3)cnnc2c1. The molecule has 2 aromatic heterocycles. The second-order valence-corrected chi connectivity index (χ2v) is 3.79. The summed E-state index contributed by atoms with van der Waals surface area (Å²) in [4.78, 5) is 3.96. The van der Waals surface area contributed by atoms with Crippen LogP contribution in [0, 0.1) is 0 Å². The van der Waals surface area contributed by atoms with Crippen molar-refractivity contribution in [3.63, 3.8) is 0 Å². The van der Waals surface area contributed by atoms with E-state index in [-0.39, 0.29) is 0 Å². The van der Waals surface area contributed by atoms with Gasteiger partial charge in [0, 0.05) is 18.4 Å². The molecular formula is C12H11N5O. The van der Waals surface area contributed by atoms with Gasteiger partial charge in [0.15, 0.2) is 6.33 Å². The van der Waals surface area contributed by atoms with Crippen LogP contribution in [0.15, 0.2) is 41.3 Å². The molecule has 1 N–H and O–H groups in total. The Kier molecular flexibility index (Phi) is 2.83. The number of anilines is 1. The van der Waals surface area contributed by atoms with Crippen molar-refractivity contribution in [2.45, 2.75) is 6.42 Å². The van der Waals surface area contributed by atoms with Gasteiger partial charge in [0.2, 0.25) is 5.89 Å². The summed E-state index contributed by atoms with van der Waals surface area (Å²) in [6.07, 6.45) is 3.80. The van der Waals surface area contributed by atoms with E-state index in [2.05, 4.69) is 25.7 Å². The molecule has 0 bridgehead atoms. The number of hydrogen-bond donors (Lipinski definition) is 1. The molecular weight excluding hydrogens is 230 g/mol. The van der Waals surface area contributed by atoms with Gasteiger partial charge in [0.25, 0.3) is 0 Å². The van der Waals surface area contributed by atoms with Gasteiger partial charge in [-0.3, -0.25) is 0 Å². The first-order chi connectivity index (χ1) is 8.93. The van der Waals surface area contributed by atoms with Crippen molar-refractivity contribution in [3.05, 3.63) is 42.7 Å². The van der Waals surface area contributed by atoms with E-state index >= 15 is 0 Å². The third kappa shape index (κ3) is 2.13. The summed E-state index contributed by atoms with van der Waals surface area (Å²) in [6, 6.07) is 7.87. The van der Waals surface area contributed by atoms with E-state index in [9.17, 15) is 0 Å². The van der Waals surface area contributed by atoms with Crippen LogP contribution in [0.25, 0.3) is 10.9 Å². The monoisotopic (exact) mass is 241 g/mol. The second kappa shape index (κ2) is 4.79. The standard InChI is InChI=1S/C12H11N5O/c1-2-4-10-9(3-1)11(7-15-17-10)13-6-5-12-14-8-16-18-12/h1-4,7-8H,5-6H2,(H,13,17). The molecule has 0 atom stereocenters. The van der Waals surface area contributed by atoms with Crippen LogP contribution in [-0.2, 0) is 6.42 Å². The molecule has 0 saturated heterocycles. The van der Waals surface area contributed by atoms with Crippen LogP contribution in [-0.4, -0.2) is 26.9 Å². The lowest BCUT2D eigenvalue weighted by molar-refractivity contribution is 0.380. The zero-order valence-electron chi connectivity index (χ0n) is 9.58. The smallest absolute Gasteiger partial charge is 0.228 e. The lowest BCUT2D eigenvalue weighted by Crippen LogP contribution is -2.06. The van der Waals surface area contributed by atoms with Crippen LogP contribution < -0.4 is 5.32 Å². The van der Waals surface area contributed by atoms with E-state index in [1.165, 1.54) is 6.33 Å². The van der Waals surface area contributed by atoms with Crippen LogP contribution in [0.3, 0.4) is 0 Å². The van der Waals surface area contributed by atoms with Crippen molar-refractivity contribution in [1.29, 1.82) is 0 Å². The summed E-state index contributed by atoms with van der Waals surface area (Å²) in [6.45, 7) is 0.706. The summed E-state index contributed by atoms with van der Waals surface area (Å²) in [5.74, 6) is 0.619. The largest absolute Gasteiger partial charge is 0.383 e. The number of rotatable bonds is 4. The first-order valence-corrected chi connectivity index (χ1v) is 5.63. The first-order valence-electron chi connectivity index (χ1n) is 5.63. The second-order valence-electron chi connectivity index (χ2n) is 3.79. The Morgan fingerprint density at radius 1 is 1.22 bits per heavy atom. The van der Waals surface area contributed by atoms with Crippen molar-refractivity contribution in [3.8, 4) is 0 Å². The molecule has 2 heterocycles. The molecule has 0 fully saturated rings. The zero-order chi connectivity index (χ0) is 12.2. The quantitative estimate of drug-likeness (QED) is 0.748. The zero-order valence-corrected chi connectivity index (χ0v) is 9.58. The molecule has 0 aliphatic rings. The minimum atomic E-state index is 0.619. The van der Waals surface area contributed by atoms with Crippen LogP contribution >= 0.6 is 0 Å². The van der Waals surface area contributed by atoms with Gasteiger partial charge in [0.05, 0.1) is 17.4 Å².